The molecule has 0 unspecified atom stereocenters. The lowest BCUT2D eigenvalue weighted by molar-refractivity contribution is 0.143. The van der Waals surface area contributed by atoms with E-state index in [0.29, 0.717) is 12.0 Å². The number of hydrogen-bond donors (Lipinski definition) is 1. The van der Waals surface area contributed by atoms with Crippen LogP contribution in [0.4, 0.5) is 0 Å². The van der Waals surface area contributed by atoms with Gasteiger partial charge in [0.2, 0.25) is 0 Å². The average molecular weight is 306 g/mol. The second kappa shape index (κ2) is 8.49. The van der Waals surface area contributed by atoms with Gasteiger partial charge in [-0.05, 0) is 51.1 Å². The van der Waals surface area contributed by atoms with Crippen molar-refractivity contribution in [2.24, 2.45) is 5.41 Å². The summed E-state index contributed by atoms with van der Waals surface area (Å²) in [5, 5.41) is 9.91. The lowest BCUT2D eigenvalue weighted by Gasteiger charge is -2.39. The Morgan fingerprint density at radius 1 is 1.12 bits per heavy atom. The molecule has 1 rings (SSSR count). The first kappa shape index (κ1) is 15.5. The molecule has 1 saturated carbocycles. The van der Waals surface area contributed by atoms with Gasteiger partial charge in [-0.2, -0.15) is 0 Å². The molecule has 0 saturated heterocycles. The molecule has 0 aromatic carbocycles. The fourth-order valence-corrected chi connectivity index (χ4v) is 3.70. The van der Waals surface area contributed by atoms with Gasteiger partial charge in [-0.3, -0.25) is 0 Å². The lowest BCUT2D eigenvalue weighted by atomic mass is 9.75. The Bertz CT molecular complexity index is 193. The molecule has 0 aliphatic heterocycles. The number of aliphatic hydroxyl groups is 1. The summed E-state index contributed by atoms with van der Waals surface area (Å²) in [5.74, 6) is 0. The van der Waals surface area contributed by atoms with Gasteiger partial charge < -0.3 is 10.0 Å². The van der Waals surface area contributed by atoms with Crippen LogP contribution in [0.3, 0.4) is 0 Å². The summed E-state index contributed by atoms with van der Waals surface area (Å²) in [6.07, 6.45) is 10.3. The monoisotopic (exact) mass is 305 g/mol. The molecule has 17 heavy (non-hydrogen) atoms. The van der Waals surface area contributed by atoms with Crippen LogP contribution in [0.1, 0.15) is 51.4 Å². The van der Waals surface area contributed by atoms with E-state index in [-0.39, 0.29) is 0 Å². The largest absolute Gasteiger partial charge is 0.396 e. The van der Waals surface area contributed by atoms with E-state index in [1.807, 2.05) is 0 Å². The number of rotatable bonds is 8. The van der Waals surface area contributed by atoms with Crippen molar-refractivity contribution in [1.29, 1.82) is 0 Å². The highest BCUT2D eigenvalue weighted by molar-refractivity contribution is 9.09. The van der Waals surface area contributed by atoms with Gasteiger partial charge in [-0.25, -0.2) is 0 Å². The van der Waals surface area contributed by atoms with E-state index in [1.165, 1.54) is 51.6 Å². The first-order valence-electron chi connectivity index (χ1n) is 7.08. The SMILES string of the molecule is CN(CCCCCO)CC1(CBr)CCCCC1. The minimum absolute atomic E-state index is 0.342. The van der Waals surface area contributed by atoms with Gasteiger partial charge in [0.25, 0.3) is 0 Å². The van der Waals surface area contributed by atoms with Crippen molar-refractivity contribution in [3.63, 3.8) is 0 Å². The van der Waals surface area contributed by atoms with E-state index in [4.69, 9.17) is 5.11 Å². The van der Waals surface area contributed by atoms with E-state index >= 15 is 0 Å². The molecule has 0 amide bonds. The molecule has 0 aromatic heterocycles. The highest BCUT2D eigenvalue weighted by Gasteiger charge is 2.31. The van der Waals surface area contributed by atoms with Gasteiger partial charge in [0.1, 0.15) is 0 Å². The third kappa shape index (κ3) is 5.71. The van der Waals surface area contributed by atoms with Crippen LogP contribution in [0.15, 0.2) is 0 Å². The highest BCUT2D eigenvalue weighted by atomic mass is 79.9. The number of nitrogens with zero attached hydrogens (tertiary/aromatic N) is 1. The summed E-state index contributed by atoms with van der Waals surface area (Å²) in [4.78, 5) is 2.49. The third-order valence-electron chi connectivity index (χ3n) is 4.00. The Balaban J connectivity index is 2.24. The molecular weight excluding hydrogens is 278 g/mol. The Morgan fingerprint density at radius 3 is 2.41 bits per heavy atom. The topological polar surface area (TPSA) is 23.5 Å². The predicted molar refractivity (Wildman–Crippen MR) is 77.7 cm³/mol. The summed E-state index contributed by atoms with van der Waals surface area (Å²) in [6.45, 7) is 2.75. The summed E-state index contributed by atoms with van der Waals surface area (Å²) in [7, 11) is 2.25. The molecule has 0 spiro atoms. The van der Waals surface area contributed by atoms with Crippen LogP contribution >= 0.6 is 15.9 Å². The molecule has 0 heterocycles. The van der Waals surface area contributed by atoms with Gasteiger partial charge in [0.05, 0.1) is 0 Å². The molecule has 1 aliphatic rings. The van der Waals surface area contributed by atoms with Crippen molar-refractivity contribution in [3.8, 4) is 0 Å². The normalized spacial score (nSPS) is 19.8. The Morgan fingerprint density at radius 2 is 1.82 bits per heavy atom. The zero-order chi connectivity index (χ0) is 12.6. The van der Waals surface area contributed by atoms with Crippen LogP contribution in [-0.4, -0.2) is 42.1 Å². The molecular formula is C14H28BrNO. The zero-order valence-corrected chi connectivity index (χ0v) is 12.8. The number of alkyl halides is 1. The van der Waals surface area contributed by atoms with Gasteiger partial charge >= 0.3 is 0 Å². The highest BCUT2D eigenvalue weighted by Crippen LogP contribution is 2.38. The van der Waals surface area contributed by atoms with Gasteiger partial charge in [0, 0.05) is 18.5 Å². The first-order chi connectivity index (χ1) is 8.22. The Kier molecular flexibility index (Phi) is 7.72. The predicted octanol–water partition coefficient (Wildman–Crippen LogP) is 3.43. The van der Waals surface area contributed by atoms with Crippen LogP contribution in [0.2, 0.25) is 0 Å². The maximum absolute atomic E-state index is 8.75. The molecule has 0 bridgehead atoms. The molecule has 1 fully saturated rings. The van der Waals surface area contributed by atoms with Crippen molar-refractivity contribution >= 4 is 15.9 Å². The molecule has 0 radical (unpaired) electrons. The van der Waals surface area contributed by atoms with E-state index in [1.54, 1.807) is 0 Å². The summed E-state index contributed by atoms with van der Waals surface area (Å²) >= 11 is 3.73. The lowest BCUT2D eigenvalue weighted by Crippen LogP contribution is -2.39. The van der Waals surface area contributed by atoms with Crippen molar-refractivity contribution in [2.45, 2.75) is 51.4 Å². The van der Waals surface area contributed by atoms with Crippen LogP contribution in [0.5, 0.6) is 0 Å². The smallest absolute Gasteiger partial charge is 0.0431 e. The van der Waals surface area contributed by atoms with E-state index < -0.39 is 0 Å². The van der Waals surface area contributed by atoms with Crippen molar-refractivity contribution in [3.05, 3.63) is 0 Å². The van der Waals surface area contributed by atoms with Crippen molar-refractivity contribution in [2.75, 3.05) is 32.1 Å². The number of aliphatic hydroxyl groups excluding tert-OH is 1. The van der Waals surface area contributed by atoms with Crippen molar-refractivity contribution in [1.82, 2.24) is 4.90 Å². The average Bonchev–Trinajstić information content (AvgIpc) is 2.36. The van der Waals surface area contributed by atoms with Crippen LogP contribution in [0.25, 0.3) is 0 Å². The third-order valence-corrected chi connectivity index (χ3v) is 5.19. The van der Waals surface area contributed by atoms with Crippen molar-refractivity contribution < 1.29 is 5.11 Å². The van der Waals surface area contributed by atoms with E-state index in [2.05, 4.69) is 27.9 Å². The van der Waals surface area contributed by atoms with Gasteiger partial charge in [0.15, 0.2) is 0 Å². The maximum Gasteiger partial charge on any atom is 0.0431 e. The van der Waals surface area contributed by atoms with Crippen LogP contribution < -0.4 is 0 Å². The van der Waals surface area contributed by atoms with Crippen LogP contribution in [0, 0.1) is 5.41 Å². The minimum atomic E-state index is 0.342. The summed E-state index contributed by atoms with van der Waals surface area (Å²) in [5.41, 5.74) is 0.532. The Labute approximate surface area is 115 Å². The molecule has 3 heteroatoms. The second-order valence-corrected chi connectivity index (χ2v) is 6.28. The number of halogens is 1. The zero-order valence-electron chi connectivity index (χ0n) is 11.3. The summed E-state index contributed by atoms with van der Waals surface area (Å²) in [6, 6.07) is 0. The van der Waals surface area contributed by atoms with Crippen LogP contribution in [-0.2, 0) is 0 Å². The Hall–Kier alpha value is 0.400. The van der Waals surface area contributed by atoms with E-state index in [9.17, 15) is 0 Å². The molecule has 2 nitrogen and oxygen atoms in total. The minimum Gasteiger partial charge on any atom is -0.396 e. The fraction of sp³-hybridized carbons (Fsp3) is 1.00. The standard InChI is InChI=1S/C14H28BrNO/c1-16(10-6-3-7-11-17)13-14(12-15)8-4-2-5-9-14/h17H,2-13H2,1H3. The molecule has 1 N–H and O–H groups in total. The van der Waals surface area contributed by atoms with E-state index in [0.717, 1.165) is 18.2 Å². The molecule has 0 aromatic rings. The van der Waals surface area contributed by atoms with Gasteiger partial charge in [-0.15, -0.1) is 0 Å². The quantitative estimate of drug-likeness (QED) is 0.548. The second-order valence-electron chi connectivity index (χ2n) is 5.72. The van der Waals surface area contributed by atoms with Gasteiger partial charge in [-0.1, -0.05) is 35.2 Å². The molecule has 1 aliphatic carbocycles. The number of unbranched alkanes of at least 4 members (excludes halogenated alkanes) is 2. The maximum atomic E-state index is 8.75. The first-order valence-corrected chi connectivity index (χ1v) is 8.20. The number of hydrogen-bond acceptors (Lipinski definition) is 2. The molecule has 0 atom stereocenters. The summed E-state index contributed by atoms with van der Waals surface area (Å²) < 4.78 is 0. The molecule has 102 valence electrons. The fourth-order valence-electron chi connectivity index (χ4n) is 2.96.